The highest BCUT2D eigenvalue weighted by molar-refractivity contribution is 14.1. The Morgan fingerprint density at radius 1 is 1.44 bits per heavy atom. The van der Waals surface area contributed by atoms with Crippen molar-refractivity contribution in [3.63, 3.8) is 0 Å². The Labute approximate surface area is 113 Å². The van der Waals surface area contributed by atoms with E-state index < -0.39 is 30.5 Å². The zero-order valence-corrected chi connectivity index (χ0v) is 10.9. The lowest BCUT2D eigenvalue weighted by molar-refractivity contribution is -0.123. The summed E-state index contributed by atoms with van der Waals surface area (Å²) in [6.07, 6.45) is -3.86. The quantitative estimate of drug-likeness (QED) is 0.626. The summed E-state index contributed by atoms with van der Waals surface area (Å²) in [6.45, 7) is -1.49. The molecule has 2 N–H and O–H groups in total. The molecular weight excluding hydrogens is 369 g/mol. The lowest BCUT2D eigenvalue weighted by atomic mass is 10.2. The van der Waals surface area contributed by atoms with Crippen molar-refractivity contribution in [2.75, 3.05) is 6.54 Å². The number of hydrogen-bond acceptors (Lipinski definition) is 2. The van der Waals surface area contributed by atoms with Gasteiger partial charge in [-0.25, -0.2) is 8.78 Å². The summed E-state index contributed by atoms with van der Waals surface area (Å²) in [5.74, 6) is -5.74. The maximum absolute atomic E-state index is 12.6. The smallest absolute Gasteiger partial charge is 0.324 e. The van der Waals surface area contributed by atoms with Crippen LogP contribution >= 0.6 is 22.6 Å². The van der Waals surface area contributed by atoms with Crippen LogP contribution in [0.1, 0.15) is 10.4 Å². The molecule has 0 aliphatic rings. The SMILES string of the molecule is O=C(NCC(F)(F)C(F)F)c1cc(I)ccc1O. The van der Waals surface area contributed by atoms with E-state index in [0.717, 1.165) is 0 Å². The van der Waals surface area contributed by atoms with Gasteiger partial charge in [0.05, 0.1) is 12.1 Å². The van der Waals surface area contributed by atoms with Crippen LogP contribution in [0.4, 0.5) is 17.6 Å². The Hall–Kier alpha value is -1.06. The molecule has 3 nitrogen and oxygen atoms in total. The molecule has 1 rings (SSSR count). The number of carbonyl (C=O) groups is 1. The minimum absolute atomic E-state index is 0.244. The first-order valence-corrected chi connectivity index (χ1v) is 5.74. The topological polar surface area (TPSA) is 49.3 Å². The van der Waals surface area contributed by atoms with Crippen molar-refractivity contribution in [1.82, 2.24) is 5.32 Å². The van der Waals surface area contributed by atoms with E-state index in [1.807, 2.05) is 22.6 Å². The average molecular weight is 377 g/mol. The maximum Gasteiger partial charge on any atom is 0.324 e. The van der Waals surface area contributed by atoms with Crippen LogP contribution < -0.4 is 5.32 Å². The largest absolute Gasteiger partial charge is 0.507 e. The van der Waals surface area contributed by atoms with Crippen molar-refractivity contribution < 1.29 is 27.5 Å². The second-order valence-electron chi connectivity index (χ2n) is 3.41. The fraction of sp³-hybridized carbons (Fsp3) is 0.300. The molecule has 8 heteroatoms. The van der Waals surface area contributed by atoms with Gasteiger partial charge in [0, 0.05) is 3.57 Å². The van der Waals surface area contributed by atoms with Gasteiger partial charge in [-0.05, 0) is 40.8 Å². The summed E-state index contributed by atoms with van der Waals surface area (Å²) >= 11 is 1.85. The minimum Gasteiger partial charge on any atom is -0.507 e. The van der Waals surface area contributed by atoms with Gasteiger partial charge in [-0.3, -0.25) is 4.79 Å². The fourth-order valence-corrected chi connectivity index (χ4v) is 1.55. The molecule has 0 saturated carbocycles. The van der Waals surface area contributed by atoms with Crippen molar-refractivity contribution in [2.24, 2.45) is 0 Å². The molecule has 0 fully saturated rings. The van der Waals surface area contributed by atoms with Gasteiger partial charge >= 0.3 is 12.3 Å². The molecule has 0 aliphatic heterocycles. The van der Waals surface area contributed by atoms with E-state index in [1.165, 1.54) is 18.2 Å². The van der Waals surface area contributed by atoms with Crippen LogP contribution in [0.2, 0.25) is 0 Å². The normalized spacial score (nSPS) is 11.7. The summed E-state index contributed by atoms with van der Waals surface area (Å²) in [6, 6.07) is 3.97. The zero-order valence-electron chi connectivity index (χ0n) is 8.76. The molecule has 0 aromatic heterocycles. The number of aromatic hydroxyl groups is 1. The van der Waals surface area contributed by atoms with Gasteiger partial charge < -0.3 is 10.4 Å². The van der Waals surface area contributed by atoms with Gasteiger partial charge in [0.25, 0.3) is 5.91 Å². The summed E-state index contributed by atoms with van der Waals surface area (Å²) in [5, 5.41) is 11.0. The number of hydrogen-bond donors (Lipinski definition) is 2. The molecule has 0 heterocycles. The Kier molecular flexibility index (Phi) is 4.77. The van der Waals surface area contributed by atoms with E-state index in [0.29, 0.717) is 3.57 Å². The molecule has 0 aliphatic carbocycles. The van der Waals surface area contributed by atoms with Crippen molar-refractivity contribution in [3.8, 4) is 5.75 Å². The number of nitrogens with one attached hydrogen (secondary N) is 1. The average Bonchev–Trinajstić information content (AvgIpc) is 2.29. The van der Waals surface area contributed by atoms with Gasteiger partial charge in [-0.1, -0.05) is 0 Å². The van der Waals surface area contributed by atoms with Crippen molar-refractivity contribution in [1.29, 1.82) is 0 Å². The first-order valence-electron chi connectivity index (χ1n) is 4.66. The third kappa shape index (κ3) is 3.72. The Balaban J connectivity index is 2.75. The van der Waals surface area contributed by atoms with E-state index >= 15 is 0 Å². The standard InChI is InChI=1S/C10H8F4INO2/c11-9(12)10(13,14)4-16-8(18)6-3-5(15)1-2-7(6)17/h1-3,9,17H,4H2,(H,16,18). The van der Waals surface area contributed by atoms with Gasteiger partial charge in [0.1, 0.15) is 5.75 Å². The van der Waals surface area contributed by atoms with E-state index in [2.05, 4.69) is 0 Å². The van der Waals surface area contributed by atoms with Gasteiger partial charge in [0.2, 0.25) is 0 Å². The maximum atomic E-state index is 12.6. The second kappa shape index (κ2) is 5.72. The molecular formula is C10H8F4INO2. The number of rotatable bonds is 4. The first kappa shape index (κ1) is 15.0. The number of carbonyl (C=O) groups excluding carboxylic acids is 1. The number of phenols is 1. The van der Waals surface area contributed by atoms with E-state index in [4.69, 9.17) is 0 Å². The van der Waals surface area contributed by atoms with Crippen molar-refractivity contribution in [2.45, 2.75) is 12.3 Å². The highest BCUT2D eigenvalue weighted by atomic mass is 127. The van der Waals surface area contributed by atoms with E-state index in [9.17, 15) is 27.5 Å². The molecule has 0 bridgehead atoms. The molecule has 1 aromatic carbocycles. The lowest BCUT2D eigenvalue weighted by Crippen LogP contribution is -2.41. The summed E-state index contributed by atoms with van der Waals surface area (Å²) in [4.78, 5) is 11.4. The van der Waals surface area contributed by atoms with Crippen LogP contribution in [-0.4, -0.2) is 29.9 Å². The molecule has 0 unspecified atom stereocenters. The van der Waals surface area contributed by atoms with Gasteiger partial charge in [-0.15, -0.1) is 0 Å². The van der Waals surface area contributed by atoms with Crippen molar-refractivity contribution in [3.05, 3.63) is 27.3 Å². The first-order chi connectivity index (χ1) is 8.24. The number of alkyl halides is 4. The molecule has 0 atom stereocenters. The number of benzene rings is 1. The summed E-state index contributed by atoms with van der Waals surface area (Å²) in [5.41, 5.74) is -0.244. The molecule has 0 saturated heterocycles. The molecule has 100 valence electrons. The number of phenolic OH excluding ortho intramolecular Hbond substituents is 1. The van der Waals surface area contributed by atoms with Crippen LogP contribution in [0.15, 0.2) is 18.2 Å². The molecule has 18 heavy (non-hydrogen) atoms. The van der Waals surface area contributed by atoms with Gasteiger partial charge in [0.15, 0.2) is 0 Å². The minimum atomic E-state index is -4.30. The molecule has 0 spiro atoms. The highest BCUT2D eigenvalue weighted by Gasteiger charge is 2.40. The Morgan fingerprint density at radius 2 is 2.06 bits per heavy atom. The fourth-order valence-electron chi connectivity index (χ4n) is 1.06. The number of halogens is 5. The third-order valence-electron chi connectivity index (χ3n) is 2.01. The van der Waals surface area contributed by atoms with Gasteiger partial charge in [-0.2, -0.15) is 8.78 Å². The summed E-state index contributed by atoms with van der Waals surface area (Å²) in [7, 11) is 0. The van der Waals surface area contributed by atoms with Crippen LogP contribution in [0.25, 0.3) is 0 Å². The van der Waals surface area contributed by atoms with E-state index in [1.54, 1.807) is 5.32 Å². The monoisotopic (exact) mass is 377 g/mol. The van der Waals surface area contributed by atoms with Crippen LogP contribution in [0, 0.1) is 3.57 Å². The highest BCUT2D eigenvalue weighted by Crippen LogP contribution is 2.23. The predicted molar refractivity (Wildman–Crippen MR) is 64.1 cm³/mol. The van der Waals surface area contributed by atoms with Crippen LogP contribution in [0.5, 0.6) is 5.75 Å². The molecule has 1 amide bonds. The summed E-state index contributed by atoms with van der Waals surface area (Å²) < 4.78 is 49.5. The predicted octanol–water partition coefficient (Wildman–Crippen LogP) is 2.63. The van der Waals surface area contributed by atoms with Crippen molar-refractivity contribution >= 4 is 28.5 Å². The Morgan fingerprint density at radius 3 is 2.61 bits per heavy atom. The lowest BCUT2D eigenvalue weighted by Gasteiger charge is -2.16. The molecule has 0 radical (unpaired) electrons. The second-order valence-corrected chi connectivity index (χ2v) is 4.65. The van der Waals surface area contributed by atoms with E-state index in [-0.39, 0.29) is 5.56 Å². The third-order valence-corrected chi connectivity index (χ3v) is 2.68. The van der Waals surface area contributed by atoms with Crippen LogP contribution in [0.3, 0.4) is 0 Å². The Bertz CT molecular complexity index is 454. The molecule has 1 aromatic rings. The zero-order chi connectivity index (χ0) is 13.9. The van der Waals surface area contributed by atoms with Crippen LogP contribution in [-0.2, 0) is 0 Å². The number of amides is 1.